The molecule has 1 aromatic rings. The van der Waals surface area contributed by atoms with Gasteiger partial charge in [0, 0.05) is 6.04 Å². The van der Waals surface area contributed by atoms with Crippen LogP contribution in [0.1, 0.15) is 62.4 Å². The van der Waals surface area contributed by atoms with Gasteiger partial charge < -0.3 is 10.1 Å². The smallest absolute Gasteiger partial charge is 0.255 e. The average Bonchev–Trinajstić information content (AvgIpc) is 2.89. The number of benzene rings is 1. The molecule has 4 heteroatoms. The summed E-state index contributed by atoms with van der Waals surface area (Å²) in [4.78, 5) is 12.6. The van der Waals surface area contributed by atoms with E-state index in [1.807, 2.05) is 12.1 Å². The first-order chi connectivity index (χ1) is 9.82. The molecule has 0 aliphatic heterocycles. The van der Waals surface area contributed by atoms with E-state index >= 15 is 0 Å². The maximum atomic E-state index is 12.6. The molecular formula is C17H24BrNO2. The molecule has 0 heterocycles. The Morgan fingerprint density at radius 2 is 1.90 bits per heavy atom. The molecule has 3 nitrogen and oxygen atoms in total. The second kappa shape index (κ2) is 6.39. The second-order valence-corrected chi connectivity index (χ2v) is 7.60. The van der Waals surface area contributed by atoms with Gasteiger partial charge in [-0.1, -0.05) is 33.6 Å². The predicted molar refractivity (Wildman–Crippen MR) is 89.1 cm³/mol. The lowest BCUT2D eigenvalue weighted by Gasteiger charge is -2.22. The summed E-state index contributed by atoms with van der Waals surface area (Å²) in [6, 6.07) is 4.29. The molecule has 2 rings (SSSR count). The van der Waals surface area contributed by atoms with Crippen LogP contribution in [0.2, 0.25) is 0 Å². The molecule has 0 spiro atoms. The minimum absolute atomic E-state index is 0.0167. The highest BCUT2D eigenvalue weighted by atomic mass is 79.9. The molecule has 1 aliphatic carbocycles. The van der Waals surface area contributed by atoms with Gasteiger partial charge in [0.2, 0.25) is 0 Å². The van der Waals surface area contributed by atoms with Crippen molar-refractivity contribution in [2.45, 2.75) is 57.9 Å². The summed E-state index contributed by atoms with van der Waals surface area (Å²) in [5, 5.41) is 3.14. The summed E-state index contributed by atoms with van der Waals surface area (Å²) in [6.45, 7) is 6.42. The predicted octanol–water partition coefficient (Wildman–Crippen LogP) is 4.43. The number of carbonyl (C=O) groups excluding carboxylic acids is 1. The molecule has 1 N–H and O–H groups in total. The van der Waals surface area contributed by atoms with Crippen molar-refractivity contribution in [1.82, 2.24) is 5.32 Å². The number of hydrogen-bond acceptors (Lipinski definition) is 2. The van der Waals surface area contributed by atoms with E-state index in [-0.39, 0.29) is 11.3 Å². The Morgan fingerprint density at radius 3 is 2.43 bits per heavy atom. The van der Waals surface area contributed by atoms with Crippen LogP contribution in [0.15, 0.2) is 16.6 Å². The Kier molecular flexibility index (Phi) is 4.97. The summed E-state index contributed by atoms with van der Waals surface area (Å²) >= 11 is 3.53. The highest BCUT2D eigenvalue weighted by molar-refractivity contribution is 9.10. The van der Waals surface area contributed by atoms with Crippen LogP contribution in [-0.2, 0) is 5.41 Å². The molecular weight excluding hydrogens is 330 g/mol. The van der Waals surface area contributed by atoms with E-state index in [0.29, 0.717) is 17.4 Å². The summed E-state index contributed by atoms with van der Waals surface area (Å²) in [5.41, 5.74) is 1.72. The van der Waals surface area contributed by atoms with Crippen LogP contribution < -0.4 is 10.1 Å². The lowest BCUT2D eigenvalue weighted by atomic mass is 9.86. The molecule has 1 amide bonds. The highest BCUT2D eigenvalue weighted by Gasteiger charge is 2.24. The van der Waals surface area contributed by atoms with Crippen molar-refractivity contribution in [2.75, 3.05) is 7.11 Å². The molecule has 0 atom stereocenters. The Labute approximate surface area is 135 Å². The molecule has 0 bridgehead atoms. The fourth-order valence-corrected chi connectivity index (χ4v) is 3.36. The zero-order chi connectivity index (χ0) is 15.6. The van der Waals surface area contributed by atoms with Crippen LogP contribution >= 0.6 is 15.9 Å². The monoisotopic (exact) mass is 353 g/mol. The lowest BCUT2D eigenvalue weighted by molar-refractivity contribution is 0.0934. The van der Waals surface area contributed by atoms with Gasteiger partial charge in [0.25, 0.3) is 5.91 Å². The first-order valence-corrected chi connectivity index (χ1v) is 8.31. The summed E-state index contributed by atoms with van der Waals surface area (Å²) in [6.07, 6.45) is 4.56. The third-order valence-corrected chi connectivity index (χ3v) is 4.64. The Hall–Kier alpha value is -1.03. The Balaban J connectivity index is 2.35. The maximum absolute atomic E-state index is 12.6. The van der Waals surface area contributed by atoms with E-state index in [0.717, 1.165) is 22.9 Å². The van der Waals surface area contributed by atoms with Crippen LogP contribution in [0.3, 0.4) is 0 Å². The van der Waals surface area contributed by atoms with Crippen molar-refractivity contribution < 1.29 is 9.53 Å². The molecule has 1 saturated carbocycles. The molecule has 21 heavy (non-hydrogen) atoms. The summed E-state index contributed by atoms with van der Waals surface area (Å²) < 4.78 is 6.25. The number of halogens is 1. The summed E-state index contributed by atoms with van der Waals surface area (Å²) in [7, 11) is 1.60. The van der Waals surface area contributed by atoms with Gasteiger partial charge in [0.15, 0.2) is 0 Å². The number of amides is 1. The van der Waals surface area contributed by atoms with Gasteiger partial charge in [-0.15, -0.1) is 0 Å². The van der Waals surface area contributed by atoms with Gasteiger partial charge in [-0.25, -0.2) is 0 Å². The van der Waals surface area contributed by atoms with Crippen LogP contribution in [0.5, 0.6) is 5.75 Å². The number of rotatable bonds is 3. The largest absolute Gasteiger partial charge is 0.495 e. The van der Waals surface area contributed by atoms with Gasteiger partial charge in [0.1, 0.15) is 5.75 Å². The topological polar surface area (TPSA) is 38.3 Å². The van der Waals surface area contributed by atoms with E-state index in [4.69, 9.17) is 4.74 Å². The van der Waals surface area contributed by atoms with Crippen molar-refractivity contribution in [3.05, 3.63) is 27.7 Å². The third-order valence-electron chi connectivity index (χ3n) is 4.05. The van der Waals surface area contributed by atoms with Gasteiger partial charge in [-0.05, 0) is 51.9 Å². The first kappa shape index (κ1) is 16.3. The minimum atomic E-state index is -0.0365. The van der Waals surface area contributed by atoms with Crippen molar-refractivity contribution in [1.29, 1.82) is 0 Å². The fourth-order valence-electron chi connectivity index (χ4n) is 2.74. The number of hydrogen-bond donors (Lipinski definition) is 1. The third kappa shape index (κ3) is 3.79. The van der Waals surface area contributed by atoms with E-state index in [2.05, 4.69) is 42.0 Å². The zero-order valence-corrected chi connectivity index (χ0v) is 14.8. The van der Waals surface area contributed by atoms with Crippen LogP contribution in [0, 0.1) is 0 Å². The molecule has 1 aromatic carbocycles. The number of methoxy groups -OCH3 is 1. The fraction of sp³-hybridized carbons (Fsp3) is 0.588. The van der Waals surface area contributed by atoms with Gasteiger partial charge in [-0.3, -0.25) is 4.79 Å². The number of carbonyl (C=O) groups is 1. The van der Waals surface area contributed by atoms with Crippen molar-refractivity contribution in [3.63, 3.8) is 0 Å². The lowest BCUT2D eigenvalue weighted by Crippen LogP contribution is -2.33. The number of ether oxygens (including phenoxy) is 1. The SMILES string of the molecule is COc1c(Br)cc(C(C)(C)C)cc1C(=O)NC1CCCC1. The van der Waals surface area contributed by atoms with E-state index in [1.54, 1.807) is 7.11 Å². The summed E-state index contributed by atoms with van der Waals surface area (Å²) in [5.74, 6) is 0.573. The molecule has 0 radical (unpaired) electrons. The van der Waals surface area contributed by atoms with E-state index in [9.17, 15) is 4.79 Å². The standard InChI is InChI=1S/C17H24BrNO2/c1-17(2,3)11-9-13(15(21-4)14(18)10-11)16(20)19-12-7-5-6-8-12/h9-10,12H,5-8H2,1-4H3,(H,19,20). The minimum Gasteiger partial charge on any atom is -0.495 e. The normalized spacial score (nSPS) is 16.0. The van der Waals surface area contributed by atoms with Crippen molar-refractivity contribution in [3.8, 4) is 5.75 Å². The van der Waals surface area contributed by atoms with Crippen molar-refractivity contribution in [2.24, 2.45) is 0 Å². The Morgan fingerprint density at radius 1 is 1.29 bits per heavy atom. The van der Waals surface area contributed by atoms with Crippen molar-refractivity contribution >= 4 is 21.8 Å². The Bertz CT molecular complexity index is 528. The molecule has 0 saturated heterocycles. The quantitative estimate of drug-likeness (QED) is 0.872. The molecule has 1 aliphatic rings. The molecule has 0 aromatic heterocycles. The molecule has 116 valence electrons. The first-order valence-electron chi connectivity index (χ1n) is 7.52. The van der Waals surface area contributed by atoms with Gasteiger partial charge in [0.05, 0.1) is 17.1 Å². The van der Waals surface area contributed by atoms with Gasteiger partial charge >= 0.3 is 0 Å². The highest BCUT2D eigenvalue weighted by Crippen LogP contribution is 2.35. The van der Waals surface area contributed by atoms with Crippen LogP contribution in [0.4, 0.5) is 0 Å². The second-order valence-electron chi connectivity index (χ2n) is 6.74. The van der Waals surface area contributed by atoms with E-state index in [1.165, 1.54) is 12.8 Å². The van der Waals surface area contributed by atoms with Crippen LogP contribution in [-0.4, -0.2) is 19.1 Å². The maximum Gasteiger partial charge on any atom is 0.255 e. The average molecular weight is 354 g/mol. The molecule has 1 fully saturated rings. The van der Waals surface area contributed by atoms with Crippen LogP contribution in [0.25, 0.3) is 0 Å². The zero-order valence-electron chi connectivity index (χ0n) is 13.3. The van der Waals surface area contributed by atoms with Gasteiger partial charge in [-0.2, -0.15) is 0 Å². The van der Waals surface area contributed by atoms with E-state index < -0.39 is 0 Å². The molecule has 0 unspecified atom stereocenters. The number of nitrogens with one attached hydrogen (secondary N) is 1.